The minimum atomic E-state index is -0.910. The number of carboxylic acid groups (broad SMARTS) is 1. The number of hydrogen-bond acceptors (Lipinski definition) is 2. The van der Waals surface area contributed by atoms with E-state index in [1.165, 1.54) is 4.90 Å². The number of fused-ring (bicyclic) bond motifs is 1. The highest BCUT2D eigenvalue weighted by Gasteiger charge is 2.15. The maximum atomic E-state index is 12.1. The van der Waals surface area contributed by atoms with Gasteiger partial charge in [-0.1, -0.05) is 12.1 Å². The molecule has 2 rings (SSSR count). The predicted molar refractivity (Wildman–Crippen MR) is 72.2 cm³/mol. The fraction of sp³-hybridized carbons (Fsp3) is 0.286. The molecule has 0 aliphatic heterocycles. The van der Waals surface area contributed by atoms with E-state index < -0.39 is 5.97 Å². The van der Waals surface area contributed by atoms with Gasteiger partial charge in [0.05, 0.1) is 6.42 Å². The molecule has 19 heavy (non-hydrogen) atoms. The van der Waals surface area contributed by atoms with Crippen molar-refractivity contribution in [3.63, 3.8) is 0 Å². The Morgan fingerprint density at radius 2 is 2.11 bits per heavy atom. The SMILES string of the molecule is Cc1cccc2[nH]c(C(=O)N(C)CCC(=O)O)cc12. The van der Waals surface area contributed by atoms with Gasteiger partial charge in [-0.25, -0.2) is 0 Å². The standard InChI is InChI=1S/C14H16N2O3/c1-9-4-3-5-11-10(9)8-12(15-11)14(19)16(2)7-6-13(17)18/h3-5,8,15H,6-7H2,1-2H3,(H,17,18). The summed E-state index contributed by atoms with van der Waals surface area (Å²) in [5, 5.41) is 9.63. The maximum absolute atomic E-state index is 12.1. The molecule has 1 amide bonds. The molecular weight excluding hydrogens is 244 g/mol. The van der Waals surface area contributed by atoms with Gasteiger partial charge in [-0.05, 0) is 24.6 Å². The summed E-state index contributed by atoms with van der Waals surface area (Å²) in [6, 6.07) is 7.63. The number of hydrogen-bond donors (Lipinski definition) is 2. The van der Waals surface area contributed by atoms with Crippen LogP contribution in [-0.2, 0) is 4.79 Å². The number of benzene rings is 1. The minimum Gasteiger partial charge on any atom is -0.481 e. The number of nitrogens with one attached hydrogen (secondary N) is 1. The number of aliphatic carboxylic acids is 1. The molecule has 0 fully saturated rings. The normalized spacial score (nSPS) is 10.6. The third kappa shape index (κ3) is 2.76. The van der Waals surface area contributed by atoms with E-state index in [0.29, 0.717) is 5.69 Å². The zero-order valence-corrected chi connectivity index (χ0v) is 10.9. The van der Waals surface area contributed by atoms with Gasteiger partial charge in [0.2, 0.25) is 0 Å². The quantitative estimate of drug-likeness (QED) is 0.883. The van der Waals surface area contributed by atoms with E-state index in [-0.39, 0.29) is 18.9 Å². The highest BCUT2D eigenvalue weighted by atomic mass is 16.4. The average Bonchev–Trinajstić information content (AvgIpc) is 2.80. The zero-order valence-electron chi connectivity index (χ0n) is 10.9. The molecule has 1 heterocycles. The van der Waals surface area contributed by atoms with Crippen molar-refractivity contribution in [1.82, 2.24) is 9.88 Å². The van der Waals surface area contributed by atoms with Crippen LogP contribution in [0.3, 0.4) is 0 Å². The third-order valence-corrected chi connectivity index (χ3v) is 3.12. The number of carbonyl (C=O) groups is 2. The van der Waals surface area contributed by atoms with Crippen LogP contribution in [0.4, 0.5) is 0 Å². The molecule has 5 heteroatoms. The summed E-state index contributed by atoms with van der Waals surface area (Å²) in [5.74, 6) is -1.11. The summed E-state index contributed by atoms with van der Waals surface area (Å²) in [6.45, 7) is 2.18. The van der Waals surface area contributed by atoms with Crippen LogP contribution in [0, 0.1) is 6.92 Å². The smallest absolute Gasteiger partial charge is 0.305 e. The molecule has 2 N–H and O–H groups in total. The number of amides is 1. The van der Waals surface area contributed by atoms with Crippen molar-refractivity contribution < 1.29 is 14.7 Å². The van der Waals surface area contributed by atoms with Crippen LogP contribution >= 0.6 is 0 Å². The number of aryl methyl sites for hydroxylation is 1. The molecule has 0 unspecified atom stereocenters. The molecule has 0 aliphatic carbocycles. The molecule has 0 saturated heterocycles. The van der Waals surface area contributed by atoms with E-state index in [1.807, 2.05) is 31.2 Å². The molecule has 0 atom stereocenters. The minimum absolute atomic E-state index is 0.0541. The summed E-state index contributed by atoms with van der Waals surface area (Å²) in [7, 11) is 1.60. The van der Waals surface area contributed by atoms with Gasteiger partial charge in [0.15, 0.2) is 0 Å². The molecule has 0 aliphatic rings. The van der Waals surface area contributed by atoms with Crippen molar-refractivity contribution in [3.05, 3.63) is 35.5 Å². The third-order valence-electron chi connectivity index (χ3n) is 3.12. The molecule has 2 aromatic rings. The lowest BCUT2D eigenvalue weighted by Crippen LogP contribution is -2.29. The highest BCUT2D eigenvalue weighted by Crippen LogP contribution is 2.19. The van der Waals surface area contributed by atoms with Crippen LogP contribution in [0.2, 0.25) is 0 Å². The fourth-order valence-corrected chi connectivity index (χ4v) is 1.99. The Morgan fingerprint density at radius 3 is 2.74 bits per heavy atom. The van der Waals surface area contributed by atoms with Gasteiger partial charge in [0, 0.05) is 24.5 Å². The monoisotopic (exact) mass is 260 g/mol. The molecule has 0 bridgehead atoms. The Hall–Kier alpha value is -2.30. The van der Waals surface area contributed by atoms with Gasteiger partial charge < -0.3 is 15.0 Å². The lowest BCUT2D eigenvalue weighted by Gasteiger charge is -2.14. The topological polar surface area (TPSA) is 73.4 Å². The molecular formula is C14H16N2O3. The highest BCUT2D eigenvalue weighted by molar-refractivity contribution is 5.98. The number of carboxylic acids is 1. The number of carbonyl (C=O) groups excluding carboxylic acids is 1. The summed E-state index contributed by atoms with van der Waals surface area (Å²) >= 11 is 0. The number of aromatic amines is 1. The largest absolute Gasteiger partial charge is 0.481 e. The number of rotatable bonds is 4. The Balaban J connectivity index is 2.21. The van der Waals surface area contributed by atoms with E-state index in [9.17, 15) is 9.59 Å². The van der Waals surface area contributed by atoms with Gasteiger partial charge in [-0.15, -0.1) is 0 Å². The average molecular weight is 260 g/mol. The number of nitrogens with zero attached hydrogens (tertiary/aromatic N) is 1. The van der Waals surface area contributed by atoms with Gasteiger partial charge in [0.1, 0.15) is 5.69 Å². The predicted octanol–water partition coefficient (Wildman–Crippen LogP) is 2.02. The Kier molecular flexibility index (Phi) is 3.55. The molecule has 1 aromatic carbocycles. The van der Waals surface area contributed by atoms with Crippen molar-refractivity contribution >= 4 is 22.8 Å². The summed E-state index contributed by atoms with van der Waals surface area (Å²) < 4.78 is 0. The Labute approximate surface area is 110 Å². The van der Waals surface area contributed by atoms with Crippen molar-refractivity contribution in [2.24, 2.45) is 0 Å². The van der Waals surface area contributed by atoms with Crippen molar-refractivity contribution in [3.8, 4) is 0 Å². The lowest BCUT2D eigenvalue weighted by atomic mass is 10.1. The van der Waals surface area contributed by atoms with Crippen LogP contribution < -0.4 is 0 Å². The van der Waals surface area contributed by atoms with Crippen LogP contribution in [-0.4, -0.2) is 40.5 Å². The summed E-state index contributed by atoms with van der Waals surface area (Å²) in [4.78, 5) is 27.1. The first-order chi connectivity index (χ1) is 8.99. The maximum Gasteiger partial charge on any atom is 0.305 e. The lowest BCUT2D eigenvalue weighted by molar-refractivity contribution is -0.137. The van der Waals surface area contributed by atoms with Gasteiger partial charge in [0.25, 0.3) is 5.91 Å². The van der Waals surface area contributed by atoms with E-state index in [1.54, 1.807) is 7.05 Å². The number of aromatic nitrogens is 1. The van der Waals surface area contributed by atoms with Crippen molar-refractivity contribution in [1.29, 1.82) is 0 Å². The van der Waals surface area contributed by atoms with Crippen molar-refractivity contribution in [2.45, 2.75) is 13.3 Å². The van der Waals surface area contributed by atoms with Gasteiger partial charge in [-0.3, -0.25) is 9.59 Å². The van der Waals surface area contributed by atoms with E-state index >= 15 is 0 Å². The summed E-state index contributed by atoms with van der Waals surface area (Å²) in [5.41, 5.74) is 2.49. The summed E-state index contributed by atoms with van der Waals surface area (Å²) in [6.07, 6.45) is -0.0541. The van der Waals surface area contributed by atoms with Crippen LogP contribution in [0.15, 0.2) is 24.3 Å². The molecule has 0 spiro atoms. The van der Waals surface area contributed by atoms with Gasteiger partial charge >= 0.3 is 5.97 Å². The van der Waals surface area contributed by atoms with E-state index in [4.69, 9.17) is 5.11 Å². The molecule has 100 valence electrons. The van der Waals surface area contributed by atoms with Crippen LogP contribution in [0.25, 0.3) is 10.9 Å². The van der Waals surface area contributed by atoms with Crippen LogP contribution in [0.1, 0.15) is 22.5 Å². The first kappa shape index (κ1) is 13.1. The number of H-pyrrole nitrogens is 1. The first-order valence-corrected chi connectivity index (χ1v) is 6.04. The Bertz CT molecular complexity index is 631. The van der Waals surface area contributed by atoms with Gasteiger partial charge in [-0.2, -0.15) is 0 Å². The Morgan fingerprint density at radius 1 is 1.37 bits per heavy atom. The zero-order chi connectivity index (χ0) is 14.0. The van der Waals surface area contributed by atoms with E-state index in [0.717, 1.165) is 16.5 Å². The molecule has 5 nitrogen and oxygen atoms in total. The first-order valence-electron chi connectivity index (χ1n) is 6.04. The second-order valence-corrected chi connectivity index (χ2v) is 4.59. The fourth-order valence-electron chi connectivity index (χ4n) is 1.99. The van der Waals surface area contributed by atoms with E-state index in [2.05, 4.69) is 4.98 Å². The molecule has 1 aromatic heterocycles. The second-order valence-electron chi connectivity index (χ2n) is 4.59. The molecule has 0 radical (unpaired) electrons. The molecule has 0 saturated carbocycles. The van der Waals surface area contributed by atoms with Crippen molar-refractivity contribution in [2.75, 3.05) is 13.6 Å². The van der Waals surface area contributed by atoms with Crippen LogP contribution in [0.5, 0.6) is 0 Å². The second kappa shape index (κ2) is 5.14.